The SMILES string of the molecule is COc1ccc(C(=O)c2ccccc2)cc1NS(=O)(=O)Cc1ccc(F)cc1. The van der Waals surface area contributed by atoms with Gasteiger partial charge in [0, 0.05) is 11.1 Å². The Balaban J connectivity index is 1.87. The van der Waals surface area contributed by atoms with Crippen LogP contribution in [0.4, 0.5) is 10.1 Å². The third-order valence-corrected chi connectivity index (χ3v) is 5.28. The number of hydrogen-bond donors (Lipinski definition) is 1. The molecule has 0 bridgehead atoms. The minimum atomic E-state index is -3.80. The summed E-state index contributed by atoms with van der Waals surface area (Å²) in [4.78, 5) is 12.6. The van der Waals surface area contributed by atoms with E-state index in [9.17, 15) is 17.6 Å². The van der Waals surface area contributed by atoms with Crippen LogP contribution >= 0.6 is 0 Å². The molecule has 144 valence electrons. The lowest BCUT2D eigenvalue weighted by atomic mass is 10.0. The smallest absolute Gasteiger partial charge is 0.237 e. The van der Waals surface area contributed by atoms with Gasteiger partial charge in [-0.25, -0.2) is 12.8 Å². The van der Waals surface area contributed by atoms with Crippen molar-refractivity contribution in [2.45, 2.75) is 5.75 Å². The topological polar surface area (TPSA) is 72.5 Å². The second-order valence-electron chi connectivity index (χ2n) is 6.10. The van der Waals surface area contributed by atoms with Crippen LogP contribution < -0.4 is 9.46 Å². The fourth-order valence-corrected chi connectivity index (χ4v) is 3.89. The lowest BCUT2D eigenvalue weighted by Crippen LogP contribution is -2.16. The Bertz CT molecular complexity index is 1080. The van der Waals surface area contributed by atoms with Crippen molar-refractivity contribution in [3.05, 3.63) is 95.3 Å². The van der Waals surface area contributed by atoms with E-state index in [0.29, 0.717) is 16.7 Å². The zero-order valence-corrected chi connectivity index (χ0v) is 15.9. The maximum absolute atomic E-state index is 13.0. The molecule has 0 amide bonds. The van der Waals surface area contributed by atoms with E-state index < -0.39 is 15.8 Å². The van der Waals surface area contributed by atoms with E-state index in [2.05, 4.69) is 4.72 Å². The van der Waals surface area contributed by atoms with Crippen molar-refractivity contribution in [2.75, 3.05) is 11.8 Å². The summed E-state index contributed by atoms with van der Waals surface area (Å²) < 4.78 is 45.7. The highest BCUT2D eigenvalue weighted by molar-refractivity contribution is 7.91. The van der Waals surface area contributed by atoms with Crippen molar-refractivity contribution in [2.24, 2.45) is 0 Å². The molecule has 0 aliphatic rings. The maximum atomic E-state index is 13.0. The zero-order valence-electron chi connectivity index (χ0n) is 15.1. The maximum Gasteiger partial charge on any atom is 0.237 e. The number of hydrogen-bond acceptors (Lipinski definition) is 4. The average molecular weight is 399 g/mol. The molecule has 0 saturated carbocycles. The van der Waals surface area contributed by atoms with Crippen LogP contribution in [-0.2, 0) is 15.8 Å². The van der Waals surface area contributed by atoms with Crippen molar-refractivity contribution < 1.29 is 22.3 Å². The fraction of sp³-hybridized carbons (Fsp3) is 0.0952. The highest BCUT2D eigenvalue weighted by atomic mass is 32.2. The Hall–Kier alpha value is -3.19. The molecule has 0 fully saturated rings. The Morgan fingerprint density at radius 1 is 0.964 bits per heavy atom. The summed E-state index contributed by atoms with van der Waals surface area (Å²) in [5.74, 6) is -0.731. The number of carbonyl (C=O) groups excluding carboxylic acids is 1. The van der Waals surface area contributed by atoms with Gasteiger partial charge < -0.3 is 4.74 Å². The van der Waals surface area contributed by atoms with Crippen LogP contribution in [0, 0.1) is 5.82 Å². The predicted octanol–water partition coefficient (Wildman–Crippen LogP) is 4.01. The molecular formula is C21H18FNO4S. The second-order valence-corrected chi connectivity index (χ2v) is 7.82. The number of anilines is 1. The molecule has 0 saturated heterocycles. The molecule has 7 heteroatoms. The van der Waals surface area contributed by atoms with E-state index >= 15 is 0 Å². The van der Waals surface area contributed by atoms with Crippen LogP contribution in [0.25, 0.3) is 0 Å². The molecule has 0 aliphatic heterocycles. The van der Waals surface area contributed by atoms with E-state index in [0.717, 1.165) is 0 Å². The minimum Gasteiger partial charge on any atom is -0.495 e. The summed E-state index contributed by atoms with van der Waals surface area (Å²) >= 11 is 0. The molecule has 0 aromatic heterocycles. The molecule has 0 unspecified atom stereocenters. The standard InChI is InChI=1S/C21H18FNO4S/c1-27-20-12-9-17(21(24)16-5-3-2-4-6-16)13-19(20)23-28(25,26)14-15-7-10-18(22)11-8-15/h2-13,23H,14H2,1H3. The first-order valence-electron chi connectivity index (χ1n) is 8.41. The van der Waals surface area contributed by atoms with Gasteiger partial charge in [-0.05, 0) is 35.9 Å². The van der Waals surface area contributed by atoms with Crippen LogP contribution in [0.2, 0.25) is 0 Å². The molecular weight excluding hydrogens is 381 g/mol. The molecule has 0 spiro atoms. The summed E-state index contributed by atoms with van der Waals surface area (Å²) in [6.07, 6.45) is 0. The van der Waals surface area contributed by atoms with Gasteiger partial charge in [0.05, 0.1) is 18.6 Å². The molecule has 28 heavy (non-hydrogen) atoms. The number of sulfonamides is 1. The van der Waals surface area contributed by atoms with Crippen molar-refractivity contribution in [3.8, 4) is 5.75 Å². The number of halogens is 1. The van der Waals surface area contributed by atoms with Crippen LogP contribution in [0.1, 0.15) is 21.5 Å². The first-order chi connectivity index (χ1) is 13.4. The first kappa shape index (κ1) is 19.6. The van der Waals surface area contributed by atoms with E-state index in [4.69, 9.17) is 4.74 Å². The molecule has 0 radical (unpaired) electrons. The summed E-state index contributed by atoms with van der Waals surface area (Å²) in [5, 5.41) is 0. The number of nitrogens with one attached hydrogen (secondary N) is 1. The molecule has 3 aromatic rings. The van der Waals surface area contributed by atoms with Crippen molar-refractivity contribution >= 4 is 21.5 Å². The Morgan fingerprint density at radius 2 is 1.64 bits per heavy atom. The fourth-order valence-electron chi connectivity index (χ4n) is 2.69. The van der Waals surface area contributed by atoms with E-state index in [1.807, 2.05) is 0 Å². The summed E-state index contributed by atoms with van der Waals surface area (Å²) in [6, 6.07) is 18.4. The van der Waals surface area contributed by atoms with Crippen LogP contribution in [0.5, 0.6) is 5.75 Å². The lowest BCUT2D eigenvalue weighted by molar-refractivity contribution is 0.103. The van der Waals surface area contributed by atoms with Crippen LogP contribution in [0.3, 0.4) is 0 Å². The Kier molecular flexibility index (Phi) is 5.75. The number of rotatable bonds is 7. The highest BCUT2D eigenvalue weighted by Gasteiger charge is 2.17. The molecule has 0 atom stereocenters. The minimum absolute atomic E-state index is 0.159. The number of methoxy groups -OCH3 is 1. The Morgan fingerprint density at radius 3 is 2.29 bits per heavy atom. The van der Waals surface area contributed by atoms with Gasteiger partial charge in [-0.1, -0.05) is 42.5 Å². The van der Waals surface area contributed by atoms with Crippen molar-refractivity contribution in [1.29, 1.82) is 0 Å². The third-order valence-electron chi connectivity index (χ3n) is 4.03. The Labute approximate surface area is 162 Å². The normalized spacial score (nSPS) is 11.1. The van der Waals surface area contributed by atoms with Gasteiger partial charge in [0.25, 0.3) is 0 Å². The molecule has 1 N–H and O–H groups in total. The van der Waals surface area contributed by atoms with Crippen LogP contribution in [0.15, 0.2) is 72.8 Å². The van der Waals surface area contributed by atoms with Gasteiger partial charge in [-0.2, -0.15) is 0 Å². The van der Waals surface area contributed by atoms with Gasteiger partial charge in [0.1, 0.15) is 11.6 Å². The van der Waals surface area contributed by atoms with E-state index in [-0.39, 0.29) is 23.0 Å². The van der Waals surface area contributed by atoms with Gasteiger partial charge in [-0.3, -0.25) is 9.52 Å². The monoisotopic (exact) mass is 399 g/mol. The summed E-state index contributed by atoms with van der Waals surface area (Å²) in [7, 11) is -2.40. The van der Waals surface area contributed by atoms with Crippen molar-refractivity contribution in [3.63, 3.8) is 0 Å². The molecule has 3 aromatic carbocycles. The lowest BCUT2D eigenvalue weighted by Gasteiger charge is -2.13. The average Bonchev–Trinajstić information content (AvgIpc) is 2.69. The highest BCUT2D eigenvalue weighted by Crippen LogP contribution is 2.28. The predicted molar refractivity (Wildman–Crippen MR) is 106 cm³/mol. The number of ether oxygens (including phenoxy) is 1. The van der Waals surface area contributed by atoms with E-state index in [1.54, 1.807) is 36.4 Å². The molecule has 0 aliphatic carbocycles. The number of benzene rings is 3. The van der Waals surface area contributed by atoms with Crippen molar-refractivity contribution in [1.82, 2.24) is 0 Å². The summed E-state index contributed by atoms with van der Waals surface area (Å²) in [5.41, 5.74) is 1.41. The zero-order chi connectivity index (χ0) is 20.1. The molecule has 3 rings (SSSR count). The quantitative estimate of drug-likeness (QED) is 0.610. The van der Waals surface area contributed by atoms with Gasteiger partial charge in [-0.15, -0.1) is 0 Å². The largest absolute Gasteiger partial charge is 0.495 e. The first-order valence-corrected chi connectivity index (χ1v) is 10.1. The van der Waals surface area contributed by atoms with Crippen LogP contribution in [-0.4, -0.2) is 21.3 Å². The van der Waals surface area contributed by atoms with Gasteiger partial charge in [0.2, 0.25) is 10.0 Å². The van der Waals surface area contributed by atoms with E-state index in [1.165, 1.54) is 43.5 Å². The summed E-state index contributed by atoms with van der Waals surface area (Å²) in [6.45, 7) is 0. The third kappa shape index (κ3) is 4.75. The van der Waals surface area contributed by atoms with Gasteiger partial charge >= 0.3 is 0 Å². The number of carbonyl (C=O) groups is 1. The second kappa shape index (κ2) is 8.22. The molecule has 5 nitrogen and oxygen atoms in total. The van der Waals surface area contributed by atoms with Gasteiger partial charge in [0.15, 0.2) is 5.78 Å². The number of ketones is 1. The molecule has 0 heterocycles.